The third-order valence-corrected chi connectivity index (χ3v) is 5.03. The van der Waals surface area contributed by atoms with Crippen LogP contribution in [0.1, 0.15) is 23.8 Å². The smallest absolute Gasteiger partial charge is 0.260 e. The molecule has 1 atom stereocenters. The molecule has 0 aliphatic heterocycles. The van der Waals surface area contributed by atoms with Gasteiger partial charge in [0.1, 0.15) is 0 Å². The molecule has 9 heteroatoms. The highest BCUT2D eigenvalue weighted by Crippen LogP contribution is 2.23. The van der Waals surface area contributed by atoms with Gasteiger partial charge in [0.15, 0.2) is 0 Å². The number of nitrogens with zero attached hydrogens (tertiary/aromatic N) is 5. The van der Waals surface area contributed by atoms with Gasteiger partial charge in [0.25, 0.3) is 5.16 Å². The molecule has 0 saturated carbocycles. The maximum Gasteiger partial charge on any atom is 0.267 e. The molecule has 0 N–H and O–H groups in total. The normalized spacial score (nSPS) is 13.3. The van der Waals surface area contributed by atoms with E-state index >= 15 is 0 Å². The minimum absolute atomic E-state index is 0.00882. The summed E-state index contributed by atoms with van der Waals surface area (Å²) in [4.78, 5) is 4.20. The standard InChI is InChI=1S/C11H15N5O2S2/c1-16-11(13-14-15-16)20(17,18)8-4-6-10(19)9-5-2-3-7-12-9/h2-3,5,7,10,19H,4,6,8H2,1H3. The summed E-state index contributed by atoms with van der Waals surface area (Å²) in [5, 5.41) is 10.2. The van der Waals surface area contributed by atoms with Crippen molar-refractivity contribution in [3.8, 4) is 0 Å². The van der Waals surface area contributed by atoms with E-state index in [0.717, 1.165) is 10.4 Å². The molecular weight excluding hydrogens is 298 g/mol. The molecule has 7 nitrogen and oxygen atoms in total. The molecular formula is C11H15N5O2S2. The number of pyridine rings is 1. The lowest BCUT2D eigenvalue weighted by molar-refractivity contribution is 0.565. The molecule has 0 spiro atoms. The van der Waals surface area contributed by atoms with E-state index < -0.39 is 9.84 Å². The maximum atomic E-state index is 12.0. The number of tetrazole rings is 1. The van der Waals surface area contributed by atoms with E-state index in [1.807, 2.05) is 18.2 Å². The number of rotatable bonds is 6. The Morgan fingerprint density at radius 3 is 2.80 bits per heavy atom. The average Bonchev–Trinajstić information content (AvgIpc) is 2.86. The molecule has 0 fully saturated rings. The summed E-state index contributed by atoms with van der Waals surface area (Å²) < 4.78 is 25.2. The summed E-state index contributed by atoms with van der Waals surface area (Å²) in [6, 6.07) is 5.59. The minimum atomic E-state index is -3.45. The lowest BCUT2D eigenvalue weighted by atomic mass is 10.2. The van der Waals surface area contributed by atoms with E-state index in [1.165, 1.54) is 7.05 Å². The van der Waals surface area contributed by atoms with Crippen LogP contribution >= 0.6 is 12.6 Å². The van der Waals surface area contributed by atoms with Gasteiger partial charge in [-0.2, -0.15) is 12.6 Å². The van der Waals surface area contributed by atoms with Crippen LogP contribution < -0.4 is 0 Å². The Bertz CT molecular complexity index is 656. The van der Waals surface area contributed by atoms with Crippen molar-refractivity contribution in [2.45, 2.75) is 23.2 Å². The third-order valence-electron chi connectivity index (χ3n) is 2.78. The number of aryl methyl sites for hydroxylation is 1. The van der Waals surface area contributed by atoms with E-state index in [1.54, 1.807) is 6.20 Å². The summed E-state index contributed by atoms with van der Waals surface area (Å²) in [6.45, 7) is 0. The summed E-state index contributed by atoms with van der Waals surface area (Å²) in [5.74, 6) is -0.00882. The van der Waals surface area contributed by atoms with E-state index in [-0.39, 0.29) is 16.2 Å². The van der Waals surface area contributed by atoms with Gasteiger partial charge in [-0.25, -0.2) is 13.1 Å². The predicted octanol–water partition coefficient (Wildman–Crippen LogP) is 0.830. The summed E-state index contributed by atoms with van der Waals surface area (Å²) in [5.41, 5.74) is 0.841. The van der Waals surface area contributed by atoms with Gasteiger partial charge in [-0.3, -0.25) is 4.98 Å². The van der Waals surface area contributed by atoms with Gasteiger partial charge >= 0.3 is 0 Å². The summed E-state index contributed by atoms with van der Waals surface area (Å²) >= 11 is 4.44. The first-order chi connectivity index (χ1) is 9.50. The molecule has 2 aromatic rings. The minimum Gasteiger partial charge on any atom is -0.260 e. The number of hydrogen-bond donors (Lipinski definition) is 1. The Labute approximate surface area is 122 Å². The molecule has 20 heavy (non-hydrogen) atoms. The van der Waals surface area contributed by atoms with Crippen LogP contribution in [0.3, 0.4) is 0 Å². The van der Waals surface area contributed by atoms with E-state index in [9.17, 15) is 8.42 Å². The van der Waals surface area contributed by atoms with Gasteiger partial charge in [0.05, 0.1) is 11.4 Å². The van der Waals surface area contributed by atoms with Crippen molar-refractivity contribution >= 4 is 22.5 Å². The Hall–Kier alpha value is -1.48. The first-order valence-electron chi connectivity index (χ1n) is 6.05. The molecule has 0 saturated heterocycles. The maximum absolute atomic E-state index is 12.0. The van der Waals surface area contributed by atoms with E-state index in [4.69, 9.17) is 0 Å². The quantitative estimate of drug-likeness (QED) is 0.794. The van der Waals surface area contributed by atoms with Crippen LogP contribution in [0.15, 0.2) is 29.6 Å². The van der Waals surface area contributed by atoms with Crippen molar-refractivity contribution in [3.05, 3.63) is 30.1 Å². The molecule has 0 aliphatic carbocycles. The molecule has 0 radical (unpaired) electrons. The van der Waals surface area contributed by atoms with Gasteiger partial charge in [0, 0.05) is 18.5 Å². The van der Waals surface area contributed by atoms with Crippen molar-refractivity contribution in [1.29, 1.82) is 0 Å². The van der Waals surface area contributed by atoms with Gasteiger partial charge in [-0.15, -0.1) is 0 Å². The molecule has 1 unspecified atom stereocenters. The average molecular weight is 313 g/mol. The number of sulfone groups is 1. The van der Waals surface area contributed by atoms with Crippen LogP contribution in [0.5, 0.6) is 0 Å². The van der Waals surface area contributed by atoms with Crippen molar-refractivity contribution in [1.82, 2.24) is 25.2 Å². The molecule has 2 rings (SSSR count). The van der Waals surface area contributed by atoms with Crippen molar-refractivity contribution in [2.24, 2.45) is 7.05 Å². The number of thiol groups is 1. The van der Waals surface area contributed by atoms with Gasteiger partial charge in [0.2, 0.25) is 9.84 Å². The highest BCUT2D eigenvalue weighted by Gasteiger charge is 2.21. The number of aromatic nitrogens is 5. The Morgan fingerprint density at radius 1 is 1.40 bits per heavy atom. The van der Waals surface area contributed by atoms with Gasteiger partial charge in [-0.1, -0.05) is 11.2 Å². The highest BCUT2D eigenvalue weighted by atomic mass is 32.2. The van der Waals surface area contributed by atoms with Gasteiger partial charge < -0.3 is 0 Å². The first kappa shape index (κ1) is 14.9. The van der Waals surface area contributed by atoms with Crippen LogP contribution in [-0.2, 0) is 16.9 Å². The second-order valence-corrected chi connectivity index (χ2v) is 6.94. The topological polar surface area (TPSA) is 90.6 Å². The first-order valence-corrected chi connectivity index (χ1v) is 8.21. The van der Waals surface area contributed by atoms with Crippen LogP contribution in [0, 0.1) is 0 Å². The third kappa shape index (κ3) is 3.54. The van der Waals surface area contributed by atoms with Crippen molar-refractivity contribution < 1.29 is 8.42 Å². The largest absolute Gasteiger partial charge is 0.267 e. The zero-order chi connectivity index (χ0) is 14.6. The molecule has 108 valence electrons. The molecule has 0 aromatic carbocycles. The van der Waals surface area contributed by atoms with Crippen LogP contribution in [0.2, 0.25) is 0 Å². The monoisotopic (exact) mass is 313 g/mol. The fourth-order valence-corrected chi connectivity index (χ4v) is 3.43. The highest BCUT2D eigenvalue weighted by molar-refractivity contribution is 7.91. The van der Waals surface area contributed by atoms with Crippen molar-refractivity contribution in [3.63, 3.8) is 0 Å². The lowest BCUT2D eigenvalue weighted by Crippen LogP contribution is -2.13. The predicted molar refractivity (Wildman–Crippen MR) is 76.0 cm³/mol. The Balaban J connectivity index is 1.92. The zero-order valence-electron chi connectivity index (χ0n) is 10.9. The van der Waals surface area contributed by atoms with Crippen LogP contribution in [-0.4, -0.2) is 39.4 Å². The van der Waals surface area contributed by atoms with Gasteiger partial charge in [-0.05, 0) is 35.4 Å². The molecule has 0 amide bonds. The van der Waals surface area contributed by atoms with Crippen LogP contribution in [0.4, 0.5) is 0 Å². The fraction of sp³-hybridized carbons (Fsp3) is 0.455. The van der Waals surface area contributed by atoms with E-state index in [2.05, 4.69) is 33.1 Å². The summed E-state index contributed by atoms with van der Waals surface area (Å²) in [6.07, 6.45) is 2.78. The second kappa shape index (κ2) is 6.31. The second-order valence-electron chi connectivity index (χ2n) is 4.32. The lowest BCUT2D eigenvalue weighted by Gasteiger charge is -2.09. The summed E-state index contributed by atoms with van der Waals surface area (Å²) in [7, 11) is -1.95. The SMILES string of the molecule is Cn1nnnc1S(=O)(=O)CCCC(S)c1ccccn1. The molecule has 2 aromatic heterocycles. The van der Waals surface area contributed by atoms with E-state index in [0.29, 0.717) is 12.8 Å². The Morgan fingerprint density at radius 2 is 2.20 bits per heavy atom. The molecule has 0 bridgehead atoms. The zero-order valence-corrected chi connectivity index (χ0v) is 12.6. The van der Waals surface area contributed by atoms with Crippen molar-refractivity contribution in [2.75, 3.05) is 5.75 Å². The molecule has 0 aliphatic rings. The Kier molecular flexibility index (Phi) is 4.71. The molecule has 2 heterocycles. The fourth-order valence-electron chi connectivity index (χ4n) is 1.76. The van der Waals surface area contributed by atoms with Crippen LogP contribution in [0.25, 0.3) is 0 Å². The number of hydrogen-bond acceptors (Lipinski definition) is 7.